The number of carbonyl (C=O) groups is 2. The van der Waals surface area contributed by atoms with Gasteiger partial charge in [0.2, 0.25) is 0 Å². The maximum absolute atomic E-state index is 12.2. The van der Waals surface area contributed by atoms with Crippen LogP contribution in [0.25, 0.3) is 27.7 Å². The Hall–Kier alpha value is -4.57. The van der Waals surface area contributed by atoms with Crippen LogP contribution in [-0.2, 0) is 0 Å². The summed E-state index contributed by atoms with van der Waals surface area (Å²) in [6.45, 7) is 1.78. The summed E-state index contributed by atoms with van der Waals surface area (Å²) >= 11 is 0. The SMILES string of the molecule is N#Cc1ccc(-c2ccc(-n3c(N4CCN(C(=O)O)CC4)c(C=O)c4ccccc43)cc2)cc1. The summed E-state index contributed by atoms with van der Waals surface area (Å²) in [5.41, 5.74) is 5.10. The maximum atomic E-state index is 12.2. The number of carboxylic acid groups (broad SMARTS) is 1. The Kier molecular flexibility index (Phi) is 5.48. The van der Waals surface area contributed by atoms with Crippen molar-refractivity contribution in [1.29, 1.82) is 5.26 Å². The molecule has 0 atom stereocenters. The Bertz CT molecular complexity index is 1410. The molecule has 7 heteroatoms. The van der Waals surface area contributed by atoms with Crippen molar-refractivity contribution in [2.24, 2.45) is 0 Å². The third-order valence-electron chi connectivity index (χ3n) is 6.33. The number of hydrogen-bond acceptors (Lipinski definition) is 4. The minimum atomic E-state index is -0.922. The molecular weight excluding hydrogens is 428 g/mol. The fourth-order valence-electron chi connectivity index (χ4n) is 4.59. The first-order valence-electron chi connectivity index (χ1n) is 11.0. The lowest BCUT2D eigenvalue weighted by Gasteiger charge is -2.35. The van der Waals surface area contributed by atoms with Gasteiger partial charge in [0.25, 0.3) is 0 Å². The molecule has 1 N–H and O–H groups in total. The van der Waals surface area contributed by atoms with Gasteiger partial charge in [-0.3, -0.25) is 9.36 Å². The van der Waals surface area contributed by atoms with Crippen LogP contribution in [0.15, 0.2) is 72.8 Å². The molecular formula is C27H22N4O3. The van der Waals surface area contributed by atoms with Crippen molar-refractivity contribution in [3.8, 4) is 22.9 Å². The molecule has 3 aromatic carbocycles. The molecule has 168 valence electrons. The molecule has 0 bridgehead atoms. The monoisotopic (exact) mass is 450 g/mol. The molecule has 2 heterocycles. The van der Waals surface area contributed by atoms with Crippen molar-refractivity contribution in [1.82, 2.24) is 9.47 Å². The summed E-state index contributed by atoms with van der Waals surface area (Å²) in [4.78, 5) is 27.1. The number of anilines is 1. The van der Waals surface area contributed by atoms with Crippen molar-refractivity contribution in [2.45, 2.75) is 0 Å². The van der Waals surface area contributed by atoms with Gasteiger partial charge >= 0.3 is 6.09 Å². The molecule has 4 aromatic rings. The molecule has 1 aromatic heterocycles. The number of aromatic nitrogens is 1. The normalized spacial score (nSPS) is 13.6. The zero-order valence-corrected chi connectivity index (χ0v) is 18.4. The molecule has 0 spiro atoms. The summed E-state index contributed by atoms with van der Waals surface area (Å²) in [6, 6.07) is 25.5. The summed E-state index contributed by atoms with van der Waals surface area (Å²) in [5.74, 6) is 0.785. The van der Waals surface area contributed by atoms with Gasteiger partial charge in [0, 0.05) is 37.3 Å². The lowest BCUT2D eigenvalue weighted by molar-refractivity contribution is 0.112. The van der Waals surface area contributed by atoms with Gasteiger partial charge in [-0.2, -0.15) is 5.26 Å². The number of fused-ring (bicyclic) bond motifs is 1. The van der Waals surface area contributed by atoms with E-state index in [1.807, 2.05) is 60.7 Å². The number of nitriles is 1. The Labute approximate surface area is 196 Å². The summed E-state index contributed by atoms with van der Waals surface area (Å²) < 4.78 is 2.08. The lowest BCUT2D eigenvalue weighted by Crippen LogP contribution is -2.49. The van der Waals surface area contributed by atoms with Crippen LogP contribution in [0.4, 0.5) is 10.6 Å². The van der Waals surface area contributed by atoms with Crippen LogP contribution in [0.5, 0.6) is 0 Å². The van der Waals surface area contributed by atoms with Crippen LogP contribution in [0.2, 0.25) is 0 Å². The van der Waals surface area contributed by atoms with E-state index in [-0.39, 0.29) is 0 Å². The summed E-state index contributed by atoms with van der Waals surface area (Å²) in [7, 11) is 0. The summed E-state index contributed by atoms with van der Waals surface area (Å²) in [6.07, 6.45) is -0.0303. The molecule has 1 aliphatic heterocycles. The number of nitrogens with zero attached hydrogens (tertiary/aromatic N) is 4. The maximum Gasteiger partial charge on any atom is 0.407 e. The van der Waals surface area contributed by atoms with E-state index in [4.69, 9.17) is 5.26 Å². The van der Waals surface area contributed by atoms with Crippen molar-refractivity contribution in [3.05, 3.63) is 83.9 Å². The Morgan fingerprint density at radius 3 is 2.09 bits per heavy atom. The molecule has 1 aliphatic rings. The first kappa shape index (κ1) is 21.3. The van der Waals surface area contributed by atoms with E-state index in [0.29, 0.717) is 37.3 Å². The largest absolute Gasteiger partial charge is 0.465 e. The molecule has 1 amide bonds. The van der Waals surface area contributed by atoms with Crippen LogP contribution in [0.1, 0.15) is 15.9 Å². The Morgan fingerprint density at radius 1 is 0.882 bits per heavy atom. The van der Waals surface area contributed by atoms with Crippen LogP contribution in [0.3, 0.4) is 0 Å². The highest BCUT2D eigenvalue weighted by molar-refractivity contribution is 6.05. The molecule has 1 fully saturated rings. The highest BCUT2D eigenvalue weighted by atomic mass is 16.4. The zero-order valence-electron chi connectivity index (χ0n) is 18.4. The average Bonchev–Trinajstić information content (AvgIpc) is 3.23. The van der Waals surface area contributed by atoms with Crippen LogP contribution >= 0.6 is 0 Å². The molecule has 0 saturated carbocycles. The fourth-order valence-corrected chi connectivity index (χ4v) is 4.59. The molecule has 0 radical (unpaired) electrons. The standard InChI is InChI=1S/C27H22N4O3/c28-17-19-5-7-20(8-6-19)21-9-11-22(12-10-21)31-25-4-2-1-3-23(25)24(18-32)26(31)29-13-15-30(16-14-29)27(33)34/h1-12,18H,13-16H2,(H,33,34). The molecule has 1 saturated heterocycles. The first-order valence-corrected chi connectivity index (χ1v) is 11.0. The zero-order chi connectivity index (χ0) is 23.7. The molecule has 34 heavy (non-hydrogen) atoms. The second-order valence-electron chi connectivity index (χ2n) is 8.20. The van der Waals surface area contributed by atoms with Gasteiger partial charge in [0.1, 0.15) is 5.82 Å². The van der Waals surface area contributed by atoms with Gasteiger partial charge < -0.3 is 14.9 Å². The average molecular weight is 450 g/mol. The van der Waals surface area contributed by atoms with Crippen molar-refractivity contribution in [3.63, 3.8) is 0 Å². The summed E-state index contributed by atoms with van der Waals surface area (Å²) in [5, 5.41) is 19.2. The minimum Gasteiger partial charge on any atom is -0.465 e. The second kappa shape index (κ2) is 8.75. The van der Waals surface area contributed by atoms with Gasteiger partial charge in [0.15, 0.2) is 6.29 Å². The Morgan fingerprint density at radius 2 is 1.50 bits per heavy atom. The van der Waals surface area contributed by atoms with Crippen LogP contribution < -0.4 is 4.90 Å². The topological polar surface area (TPSA) is 89.6 Å². The number of para-hydroxylation sites is 1. The number of aldehydes is 1. The van der Waals surface area contributed by atoms with E-state index in [2.05, 4.69) is 15.5 Å². The first-order chi connectivity index (χ1) is 16.6. The second-order valence-corrected chi connectivity index (χ2v) is 8.20. The molecule has 7 nitrogen and oxygen atoms in total. The molecule has 5 rings (SSSR count). The van der Waals surface area contributed by atoms with E-state index in [9.17, 15) is 14.7 Å². The highest BCUT2D eigenvalue weighted by Crippen LogP contribution is 2.36. The molecule has 0 unspecified atom stereocenters. The number of amides is 1. The predicted octanol–water partition coefficient (Wildman–Crippen LogP) is 4.78. The van der Waals surface area contributed by atoms with Gasteiger partial charge in [-0.25, -0.2) is 4.79 Å². The predicted molar refractivity (Wildman–Crippen MR) is 131 cm³/mol. The third-order valence-corrected chi connectivity index (χ3v) is 6.33. The van der Waals surface area contributed by atoms with Crippen LogP contribution in [0, 0.1) is 11.3 Å². The van der Waals surface area contributed by atoms with Crippen molar-refractivity contribution >= 4 is 29.1 Å². The van der Waals surface area contributed by atoms with Gasteiger partial charge in [-0.15, -0.1) is 0 Å². The van der Waals surface area contributed by atoms with E-state index >= 15 is 0 Å². The number of piperazine rings is 1. The van der Waals surface area contributed by atoms with Gasteiger partial charge in [-0.05, 0) is 41.5 Å². The highest BCUT2D eigenvalue weighted by Gasteiger charge is 2.27. The van der Waals surface area contributed by atoms with Crippen LogP contribution in [-0.4, -0.2) is 53.1 Å². The van der Waals surface area contributed by atoms with Crippen molar-refractivity contribution in [2.75, 3.05) is 31.1 Å². The third kappa shape index (κ3) is 3.65. The van der Waals surface area contributed by atoms with E-state index in [0.717, 1.165) is 39.8 Å². The van der Waals surface area contributed by atoms with Crippen molar-refractivity contribution < 1.29 is 14.7 Å². The smallest absolute Gasteiger partial charge is 0.407 e. The lowest BCUT2D eigenvalue weighted by atomic mass is 10.0. The number of carbonyl (C=O) groups excluding carboxylic acids is 1. The number of hydrogen-bond donors (Lipinski definition) is 1. The van der Waals surface area contributed by atoms with Gasteiger partial charge in [-0.1, -0.05) is 42.5 Å². The van der Waals surface area contributed by atoms with E-state index < -0.39 is 6.09 Å². The quantitative estimate of drug-likeness (QED) is 0.452. The van der Waals surface area contributed by atoms with Gasteiger partial charge in [0.05, 0.1) is 22.7 Å². The minimum absolute atomic E-state index is 0.382. The van der Waals surface area contributed by atoms with E-state index in [1.165, 1.54) is 4.90 Å². The molecule has 0 aliphatic carbocycles. The number of rotatable bonds is 4. The Balaban J connectivity index is 1.59. The van der Waals surface area contributed by atoms with E-state index in [1.54, 1.807) is 12.1 Å². The fraction of sp³-hybridized carbons (Fsp3) is 0.148. The number of benzene rings is 3.